The van der Waals surface area contributed by atoms with E-state index in [-0.39, 0.29) is 5.60 Å². The molecule has 66 valence electrons. The van der Waals surface area contributed by atoms with Crippen molar-refractivity contribution in [3.8, 4) is 0 Å². The van der Waals surface area contributed by atoms with E-state index >= 15 is 0 Å². The summed E-state index contributed by atoms with van der Waals surface area (Å²) < 4.78 is 5.46. The minimum Gasteiger partial charge on any atom is -0.377 e. The largest absolute Gasteiger partial charge is 0.377 e. The molecule has 0 aliphatic heterocycles. The molecule has 1 aliphatic carbocycles. The maximum absolute atomic E-state index is 5.46. The summed E-state index contributed by atoms with van der Waals surface area (Å²) in [6, 6.07) is 0.572. The van der Waals surface area contributed by atoms with Crippen molar-refractivity contribution in [2.45, 2.75) is 44.8 Å². The Balaban J connectivity index is 2.22. The monoisotopic (exact) mass is 157 g/mol. The molecule has 0 bridgehead atoms. The van der Waals surface area contributed by atoms with Crippen molar-refractivity contribution in [1.29, 1.82) is 0 Å². The van der Waals surface area contributed by atoms with Gasteiger partial charge in [-0.15, -0.1) is 0 Å². The van der Waals surface area contributed by atoms with E-state index in [9.17, 15) is 0 Å². The van der Waals surface area contributed by atoms with Crippen molar-refractivity contribution >= 4 is 0 Å². The highest BCUT2D eigenvalue weighted by Crippen LogP contribution is 2.34. The van der Waals surface area contributed by atoms with Crippen molar-refractivity contribution in [3.63, 3.8) is 0 Å². The molecular weight excluding hydrogens is 138 g/mol. The van der Waals surface area contributed by atoms with Crippen molar-refractivity contribution in [3.05, 3.63) is 0 Å². The fourth-order valence-corrected chi connectivity index (χ4v) is 1.41. The van der Waals surface area contributed by atoms with Crippen LogP contribution in [0, 0.1) is 0 Å². The number of rotatable bonds is 4. The number of hydrogen-bond acceptors (Lipinski definition) is 2. The minimum absolute atomic E-state index is 0.185. The lowest BCUT2D eigenvalue weighted by Crippen LogP contribution is -2.49. The van der Waals surface area contributed by atoms with Crippen LogP contribution in [0.15, 0.2) is 0 Å². The molecule has 1 aliphatic rings. The summed E-state index contributed by atoms with van der Waals surface area (Å²) in [4.78, 5) is 0. The summed E-state index contributed by atoms with van der Waals surface area (Å²) >= 11 is 0. The van der Waals surface area contributed by atoms with Gasteiger partial charge in [0, 0.05) is 19.7 Å². The van der Waals surface area contributed by atoms with Gasteiger partial charge in [0.05, 0.1) is 5.60 Å². The molecule has 0 saturated heterocycles. The predicted octanol–water partition coefficient (Wildman–Crippen LogP) is 1.55. The number of nitrogens with one attached hydrogen (secondary N) is 1. The Morgan fingerprint density at radius 2 is 2.09 bits per heavy atom. The highest BCUT2D eigenvalue weighted by molar-refractivity contribution is 4.91. The van der Waals surface area contributed by atoms with Crippen LogP contribution in [0.1, 0.15) is 33.1 Å². The quantitative estimate of drug-likeness (QED) is 0.668. The van der Waals surface area contributed by atoms with E-state index in [0.717, 1.165) is 6.54 Å². The Labute approximate surface area is 69.3 Å². The molecule has 0 aromatic heterocycles. The molecule has 1 saturated carbocycles. The molecule has 11 heavy (non-hydrogen) atoms. The van der Waals surface area contributed by atoms with Gasteiger partial charge in [-0.1, -0.05) is 13.8 Å². The Kier molecular flexibility index (Phi) is 2.90. The molecule has 1 N–H and O–H groups in total. The maximum atomic E-state index is 5.46. The standard InChI is InChI=1S/C9H19NO/c1-8(2)10-7-9(11-3)5-4-6-9/h8,10H,4-7H2,1-3H3. The van der Waals surface area contributed by atoms with Crippen molar-refractivity contribution in [2.75, 3.05) is 13.7 Å². The molecule has 0 aromatic rings. The molecule has 0 amide bonds. The highest BCUT2D eigenvalue weighted by atomic mass is 16.5. The van der Waals surface area contributed by atoms with Gasteiger partial charge in [-0.3, -0.25) is 0 Å². The van der Waals surface area contributed by atoms with Gasteiger partial charge >= 0.3 is 0 Å². The zero-order valence-electron chi connectivity index (χ0n) is 7.81. The Morgan fingerprint density at radius 1 is 1.45 bits per heavy atom. The van der Waals surface area contributed by atoms with E-state index in [4.69, 9.17) is 4.74 Å². The fourth-order valence-electron chi connectivity index (χ4n) is 1.41. The Bertz CT molecular complexity index is 113. The number of hydrogen-bond donors (Lipinski definition) is 1. The summed E-state index contributed by atoms with van der Waals surface area (Å²) in [6.45, 7) is 5.35. The first kappa shape index (κ1) is 9.01. The minimum atomic E-state index is 0.185. The fraction of sp³-hybridized carbons (Fsp3) is 1.00. The molecule has 0 atom stereocenters. The lowest BCUT2D eigenvalue weighted by atomic mass is 9.80. The van der Waals surface area contributed by atoms with Gasteiger partial charge in [0.25, 0.3) is 0 Å². The molecule has 0 unspecified atom stereocenters. The van der Waals surface area contributed by atoms with Crippen LogP contribution >= 0.6 is 0 Å². The van der Waals surface area contributed by atoms with Crippen LogP contribution < -0.4 is 5.32 Å². The Morgan fingerprint density at radius 3 is 2.36 bits per heavy atom. The third kappa shape index (κ3) is 2.17. The van der Waals surface area contributed by atoms with Crippen LogP contribution in [-0.4, -0.2) is 25.3 Å². The van der Waals surface area contributed by atoms with Gasteiger partial charge in [-0.2, -0.15) is 0 Å². The normalized spacial score (nSPS) is 21.8. The number of ether oxygens (including phenoxy) is 1. The van der Waals surface area contributed by atoms with E-state index < -0.39 is 0 Å². The summed E-state index contributed by atoms with van der Waals surface area (Å²) in [5.74, 6) is 0. The van der Waals surface area contributed by atoms with Crippen LogP contribution in [0.2, 0.25) is 0 Å². The molecule has 0 radical (unpaired) electrons. The van der Waals surface area contributed by atoms with Crippen LogP contribution in [0.3, 0.4) is 0 Å². The average Bonchev–Trinajstić information content (AvgIpc) is 1.86. The van der Waals surface area contributed by atoms with Gasteiger partial charge in [0.1, 0.15) is 0 Å². The molecule has 1 fully saturated rings. The lowest BCUT2D eigenvalue weighted by Gasteiger charge is -2.41. The molecule has 2 heteroatoms. The predicted molar refractivity (Wildman–Crippen MR) is 46.7 cm³/mol. The molecule has 0 heterocycles. The first-order valence-corrected chi connectivity index (χ1v) is 4.47. The smallest absolute Gasteiger partial charge is 0.0802 e. The lowest BCUT2D eigenvalue weighted by molar-refractivity contribution is -0.0703. The number of methoxy groups -OCH3 is 1. The van der Waals surface area contributed by atoms with Gasteiger partial charge < -0.3 is 10.1 Å². The second kappa shape index (κ2) is 3.55. The van der Waals surface area contributed by atoms with Crippen molar-refractivity contribution in [1.82, 2.24) is 5.32 Å². The highest BCUT2D eigenvalue weighted by Gasteiger charge is 2.36. The van der Waals surface area contributed by atoms with Gasteiger partial charge in [0.15, 0.2) is 0 Å². The van der Waals surface area contributed by atoms with Gasteiger partial charge in [-0.05, 0) is 19.3 Å². The molecule has 2 nitrogen and oxygen atoms in total. The van der Waals surface area contributed by atoms with Crippen LogP contribution in [0.5, 0.6) is 0 Å². The summed E-state index contributed by atoms with van der Waals surface area (Å²) in [5, 5.41) is 3.41. The van der Waals surface area contributed by atoms with E-state index in [1.54, 1.807) is 0 Å². The molecule has 1 rings (SSSR count). The summed E-state index contributed by atoms with van der Waals surface area (Å²) in [6.07, 6.45) is 3.78. The topological polar surface area (TPSA) is 21.3 Å². The summed E-state index contributed by atoms with van der Waals surface area (Å²) in [7, 11) is 1.82. The first-order chi connectivity index (χ1) is 5.18. The van der Waals surface area contributed by atoms with E-state index in [0.29, 0.717) is 6.04 Å². The summed E-state index contributed by atoms with van der Waals surface area (Å²) in [5.41, 5.74) is 0.185. The van der Waals surface area contributed by atoms with Crippen LogP contribution in [0.25, 0.3) is 0 Å². The van der Waals surface area contributed by atoms with E-state index in [2.05, 4.69) is 19.2 Å². The Hall–Kier alpha value is -0.0800. The second-order valence-corrected chi connectivity index (χ2v) is 3.78. The van der Waals surface area contributed by atoms with Crippen LogP contribution in [-0.2, 0) is 4.74 Å². The third-order valence-electron chi connectivity index (χ3n) is 2.53. The van der Waals surface area contributed by atoms with Crippen molar-refractivity contribution < 1.29 is 4.74 Å². The first-order valence-electron chi connectivity index (χ1n) is 4.47. The van der Waals surface area contributed by atoms with Gasteiger partial charge in [-0.25, -0.2) is 0 Å². The maximum Gasteiger partial charge on any atom is 0.0802 e. The van der Waals surface area contributed by atoms with Crippen molar-refractivity contribution in [2.24, 2.45) is 0 Å². The molecule has 0 aromatic carbocycles. The molecular formula is C9H19NO. The van der Waals surface area contributed by atoms with E-state index in [1.807, 2.05) is 7.11 Å². The second-order valence-electron chi connectivity index (χ2n) is 3.78. The third-order valence-corrected chi connectivity index (χ3v) is 2.53. The zero-order valence-corrected chi connectivity index (χ0v) is 7.81. The van der Waals surface area contributed by atoms with Gasteiger partial charge in [0.2, 0.25) is 0 Å². The SMILES string of the molecule is COC1(CNC(C)C)CCC1. The molecule has 0 spiro atoms. The van der Waals surface area contributed by atoms with Crippen LogP contribution in [0.4, 0.5) is 0 Å². The zero-order chi connectivity index (χ0) is 8.32. The van der Waals surface area contributed by atoms with E-state index in [1.165, 1.54) is 19.3 Å². The average molecular weight is 157 g/mol.